The van der Waals surface area contributed by atoms with Crippen molar-refractivity contribution in [2.24, 2.45) is 5.41 Å². The van der Waals surface area contributed by atoms with Gasteiger partial charge in [-0.1, -0.05) is 47.0 Å². The molecule has 17 heavy (non-hydrogen) atoms. The summed E-state index contributed by atoms with van der Waals surface area (Å²) >= 11 is 0. The summed E-state index contributed by atoms with van der Waals surface area (Å²) in [5, 5.41) is 3.68. The van der Waals surface area contributed by atoms with Crippen LogP contribution in [-0.4, -0.2) is 37.1 Å². The van der Waals surface area contributed by atoms with Crippen LogP contribution in [0.3, 0.4) is 0 Å². The lowest BCUT2D eigenvalue weighted by molar-refractivity contribution is 0.106. The van der Waals surface area contributed by atoms with Crippen molar-refractivity contribution >= 4 is 0 Å². The van der Waals surface area contributed by atoms with Crippen molar-refractivity contribution < 1.29 is 0 Å². The Labute approximate surface area is 108 Å². The summed E-state index contributed by atoms with van der Waals surface area (Å²) in [7, 11) is 0. The van der Waals surface area contributed by atoms with E-state index in [0.29, 0.717) is 11.5 Å². The summed E-state index contributed by atoms with van der Waals surface area (Å²) in [5.41, 5.74) is 0.550. The van der Waals surface area contributed by atoms with E-state index in [1.54, 1.807) is 0 Å². The molecule has 102 valence electrons. The van der Waals surface area contributed by atoms with Gasteiger partial charge in [0.05, 0.1) is 0 Å². The zero-order valence-corrected chi connectivity index (χ0v) is 12.4. The van der Waals surface area contributed by atoms with Gasteiger partial charge in [0.15, 0.2) is 0 Å². The van der Waals surface area contributed by atoms with Gasteiger partial charge >= 0.3 is 0 Å². The van der Waals surface area contributed by atoms with E-state index in [9.17, 15) is 0 Å². The molecule has 1 fully saturated rings. The Morgan fingerprint density at radius 1 is 1.06 bits per heavy atom. The first-order valence-electron chi connectivity index (χ1n) is 7.57. The maximum absolute atomic E-state index is 3.68. The van der Waals surface area contributed by atoms with Crippen molar-refractivity contribution in [2.75, 3.05) is 26.2 Å². The fourth-order valence-electron chi connectivity index (χ4n) is 3.03. The molecular formula is C15H32N2. The summed E-state index contributed by atoms with van der Waals surface area (Å²) in [4.78, 5) is 2.60. The average Bonchev–Trinajstić information content (AvgIpc) is 2.35. The summed E-state index contributed by atoms with van der Waals surface area (Å²) < 4.78 is 0. The highest BCUT2D eigenvalue weighted by atomic mass is 15.1. The number of rotatable bonds is 7. The molecule has 0 unspecified atom stereocenters. The molecule has 0 heterocycles. The predicted octanol–water partition coefficient (Wildman–Crippen LogP) is 3.28. The fraction of sp³-hybridized carbons (Fsp3) is 1.00. The van der Waals surface area contributed by atoms with E-state index < -0.39 is 0 Å². The molecule has 0 spiro atoms. The van der Waals surface area contributed by atoms with Crippen molar-refractivity contribution in [3.8, 4) is 0 Å². The van der Waals surface area contributed by atoms with Crippen LogP contribution in [-0.2, 0) is 0 Å². The van der Waals surface area contributed by atoms with Crippen LogP contribution in [0.25, 0.3) is 0 Å². The number of hydrogen-bond acceptors (Lipinski definition) is 2. The Hall–Kier alpha value is -0.0800. The van der Waals surface area contributed by atoms with Crippen LogP contribution in [0.1, 0.15) is 59.8 Å². The van der Waals surface area contributed by atoms with Crippen LogP contribution in [0.4, 0.5) is 0 Å². The van der Waals surface area contributed by atoms with Crippen LogP contribution in [0.2, 0.25) is 0 Å². The zero-order chi connectivity index (χ0) is 12.7. The van der Waals surface area contributed by atoms with Crippen LogP contribution in [0, 0.1) is 5.41 Å². The first kappa shape index (κ1) is 15.0. The van der Waals surface area contributed by atoms with E-state index in [2.05, 4.69) is 37.9 Å². The van der Waals surface area contributed by atoms with Crippen LogP contribution in [0.15, 0.2) is 0 Å². The minimum Gasteiger partial charge on any atom is -0.314 e. The Morgan fingerprint density at radius 2 is 1.65 bits per heavy atom. The van der Waals surface area contributed by atoms with Gasteiger partial charge in [0, 0.05) is 19.1 Å². The second-order valence-corrected chi connectivity index (χ2v) is 6.06. The predicted molar refractivity (Wildman–Crippen MR) is 76.4 cm³/mol. The molecule has 0 radical (unpaired) electrons. The lowest BCUT2D eigenvalue weighted by Gasteiger charge is -2.41. The van der Waals surface area contributed by atoms with E-state index in [1.165, 1.54) is 58.3 Å². The molecule has 0 atom stereocenters. The van der Waals surface area contributed by atoms with Gasteiger partial charge in [-0.05, 0) is 31.3 Å². The summed E-state index contributed by atoms with van der Waals surface area (Å²) in [5.74, 6) is 0. The number of nitrogens with one attached hydrogen (secondary N) is 1. The van der Waals surface area contributed by atoms with Gasteiger partial charge in [-0.25, -0.2) is 0 Å². The zero-order valence-electron chi connectivity index (χ0n) is 12.4. The molecule has 1 rings (SSSR count). The van der Waals surface area contributed by atoms with Gasteiger partial charge in [0.1, 0.15) is 0 Å². The monoisotopic (exact) mass is 240 g/mol. The normalized spacial score (nSPS) is 20.1. The van der Waals surface area contributed by atoms with Crippen molar-refractivity contribution in [2.45, 2.75) is 65.8 Å². The second-order valence-electron chi connectivity index (χ2n) is 6.06. The Balaban J connectivity index is 2.57. The summed E-state index contributed by atoms with van der Waals surface area (Å²) in [6.07, 6.45) is 7.15. The van der Waals surface area contributed by atoms with Gasteiger partial charge in [0.2, 0.25) is 0 Å². The molecule has 1 N–H and O–H groups in total. The third-order valence-corrected chi connectivity index (χ3v) is 4.25. The van der Waals surface area contributed by atoms with E-state index in [4.69, 9.17) is 0 Å². The van der Waals surface area contributed by atoms with Gasteiger partial charge in [-0.3, -0.25) is 0 Å². The largest absolute Gasteiger partial charge is 0.314 e. The van der Waals surface area contributed by atoms with Crippen molar-refractivity contribution in [3.63, 3.8) is 0 Å². The molecule has 0 bridgehead atoms. The molecule has 0 aromatic rings. The minimum absolute atomic E-state index is 0.550. The SMILES string of the molecule is CCN(CC)CC1(CNC(C)C)CCCCC1. The van der Waals surface area contributed by atoms with Crippen LogP contribution < -0.4 is 5.32 Å². The lowest BCUT2D eigenvalue weighted by Crippen LogP contribution is -2.46. The van der Waals surface area contributed by atoms with Crippen LogP contribution >= 0.6 is 0 Å². The number of nitrogens with zero attached hydrogens (tertiary/aromatic N) is 1. The Bertz CT molecular complexity index is 191. The molecule has 0 saturated heterocycles. The Morgan fingerprint density at radius 3 is 2.12 bits per heavy atom. The van der Waals surface area contributed by atoms with Gasteiger partial charge in [-0.15, -0.1) is 0 Å². The maximum Gasteiger partial charge on any atom is 0.00499 e. The van der Waals surface area contributed by atoms with Gasteiger partial charge < -0.3 is 10.2 Å². The van der Waals surface area contributed by atoms with Crippen molar-refractivity contribution in [1.82, 2.24) is 10.2 Å². The molecule has 1 aliphatic carbocycles. The average molecular weight is 240 g/mol. The molecule has 0 aromatic heterocycles. The van der Waals surface area contributed by atoms with Crippen molar-refractivity contribution in [3.05, 3.63) is 0 Å². The summed E-state index contributed by atoms with van der Waals surface area (Å²) in [6, 6.07) is 0.616. The van der Waals surface area contributed by atoms with E-state index in [1.807, 2.05) is 0 Å². The fourth-order valence-corrected chi connectivity index (χ4v) is 3.03. The topological polar surface area (TPSA) is 15.3 Å². The molecule has 1 aliphatic rings. The van der Waals surface area contributed by atoms with Gasteiger partial charge in [0.25, 0.3) is 0 Å². The maximum atomic E-state index is 3.68. The Kier molecular flexibility index (Phi) is 6.50. The smallest absolute Gasteiger partial charge is 0.00499 e. The third-order valence-electron chi connectivity index (χ3n) is 4.25. The quantitative estimate of drug-likeness (QED) is 0.735. The highest BCUT2D eigenvalue weighted by Gasteiger charge is 2.33. The van der Waals surface area contributed by atoms with Gasteiger partial charge in [-0.2, -0.15) is 0 Å². The molecule has 0 aliphatic heterocycles. The number of hydrogen-bond donors (Lipinski definition) is 1. The highest BCUT2D eigenvalue weighted by molar-refractivity contribution is 4.88. The molecule has 0 aromatic carbocycles. The summed E-state index contributed by atoms with van der Waals surface area (Å²) in [6.45, 7) is 14.0. The molecule has 1 saturated carbocycles. The first-order chi connectivity index (χ1) is 8.12. The molecular weight excluding hydrogens is 208 g/mol. The van der Waals surface area contributed by atoms with E-state index >= 15 is 0 Å². The standard InChI is InChI=1S/C15H32N2/c1-5-17(6-2)13-15(12-16-14(3)4)10-8-7-9-11-15/h14,16H,5-13H2,1-4H3. The van der Waals surface area contributed by atoms with E-state index in [-0.39, 0.29) is 0 Å². The van der Waals surface area contributed by atoms with E-state index in [0.717, 1.165) is 0 Å². The molecule has 2 heteroatoms. The molecule has 2 nitrogen and oxygen atoms in total. The van der Waals surface area contributed by atoms with Crippen molar-refractivity contribution in [1.29, 1.82) is 0 Å². The first-order valence-corrected chi connectivity index (χ1v) is 7.57. The highest BCUT2D eigenvalue weighted by Crippen LogP contribution is 2.36. The van der Waals surface area contributed by atoms with Crippen LogP contribution in [0.5, 0.6) is 0 Å². The molecule has 0 amide bonds. The second kappa shape index (κ2) is 7.38. The lowest BCUT2D eigenvalue weighted by atomic mass is 9.73. The minimum atomic E-state index is 0.550. The third kappa shape index (κ3) is 4.97.